The number of fused-ring (bicyclic) bond motifs is 1. The van der Waals surface area contributed by atoms with Gasteiger partial charge in [0.1, 0.15) is 11.6 Å². The topological polar surface area (TPSA) is 125 Å². The molecule has 0 aromatic heterocycles. The number of nitrogens with two attached hydrogens (primary N) is 1. The molecular weight excluding hydrogens is 736 g/mol. The van der Waals surface area contributed by atoms with Gasteiger partial charge in [0, 0.05) is 110 Å². The summed E-state index contributed by atoms with van der Waals surface area (Å²) < 4.78 is 10.0. The molecule has 14 heteroatoms. The quantitative estimate of drug-likeness (QED) is 0.0697. The van der Waals surface area contributed by atoms with Gasteiger partial charge in [-0.15, -0.1) is 5.11 Å². The van der Waals surface area contributed by atoms with E-state index in [-0.39, 0.29) is 18.2 Å². The van der Waals surface area contributed by atoms with E-state index >= 15 is 0 Å². The lowest BCUT2D eigenvalue weighted by Gasteiger charge is -2.32. The molecule has 0 fully saturated rings. The van der Waals surface area contributed by atoms with Gasteiger partial charge in [-0.1, -0.05) is 11.3 Å². The summed E-state index contributed by atoms with van der Waals surface area (Å²) in [7, 11) is 8.98. The second-order valence-corrected chi connectivity index (χ2v) is 33.6. The van der Waals surface area contributed by atoms with Crippen molar-refractivity contribution in [2.24, 2.45) is 16.2 Å². The molecule has 1 heterocycles. The average molecular weight is 758 g/mol. The van der Waals surface area contributed by atoms with Gasteiger partial charge in [-0.05, 0) is 25.0 Å². The SMILES string of the molecule is COC.[B]CN(C(=O)Oc1cccc2c1C(CCC(=N)N=NN)CN2)S(I)(I)I. The summed E-state index contributed by atoms with van der Waals surface area (Å²) in [6, 6.07) is 5.57. The zero-order valence-corrected chi connectivity index (χ0v) is 23.2. The maximum atomic E-state index is 12.6. The molecule has 4 N–H and O–H groups in total. The zero-order chi connectivity index (χ0) is 22.0. The minimum atomic E-state index is -1.42. The highest BCUT2D eigenvalue weighted by Crippen LogP contribution is 2.73. The van der Waals surface area contributed by atoms with Gasteiger partial charge in [-0.25, -0.2) is 4.79 Å². The number of anilines is 1. The lowest BCUT2D eigenvalue weighted by molar-refractivity contribution is 0.185. The van der Waals surface area contributed by atoms with Crippen molar-refractivity contribution < 1.29 is 14.3 Å². The summed E-state index contributed by atoms with van der Waals surface area (Å²) in [5.74, 6) is 5.72. The van der Waals surface area contributed by atoms with E-state index in [4.69, 9.17) is 23.8 Å². The Hall–Kier alpha value is -0.0751. The number of rotatable bonds is 6. The molecule has 0 aliphatic carbocycles. The van der Waals surface area contributed by atoms with Crippen molar-refractivity contribution in [2.75, 3.05) is 32.5 Å². The predicted molar refractivity (Wildman–Crippen MR) is 145 cm³/mol. The number of amides is 1. The van der Waals surface area contributed by atoms with E-state index in [1.807, 2.05) is 12.1 Å². The smallest absolute Gasteiger partial charge is 0.409 e. The first-order valence-electron chi connectivity index (χ1n) is 8.26. The van der Waals surface area contributed by atoms with E-state index in [0.29, 0.717) is 25.1 Å². The number of ether oxygens (including phenoxy) is 2. The number of halogens is 3. The second-order valence-electron chi connectivity index (χ2n) is 5.72. The maximum absolute atomic E-state index is 12.6. The number of nitrogens with zero attached hydrogens (tertiary/aromatic N) is 3. The van der Waals surface area contributed by atoms with Crippen LogP contribution in [0.5, 0.6) is 5.75 Å². The normalized spacial score (nSPS) is 15.7. The fraction of sp³-hybridized carbons (Fsp3) is 0.467. The second kappa shape index (κ2) is 13.4. The first-order valence-corrected chi connectivity index (χ1v) is 17.5. The summed E-state index contributed by atoms with van der Waals surface area (Å²) in [5, 5.41) is 17.7. The van der Waals surface area contributed by atoms with Gasteiger partial charge in [0.2, 0.25) is 0 Å². The van der Waals surface area contributed by atoms with Crippen LogP contribution in [-0.4, -0.2) is 51.3 Å². The van der Waals surface area contributed by atoms with Gasteiger partial charge in [-0.2, -0.15) is 0 Å². The van der Waals surface area contributed by atoms with Crippen LogP contribution in [0.4, 0.5) is 10.5 Å². The Balaban J connectivity index is 0.00000132. The van der Waals surface area contributed by atoms with Crippen LogP contribution in [0.1, 0.15) is 24.3 Å². The summed E-state index contributed by atoms with van der Waals surface area (Å²) >= 11 is 6.61. The number of methoxy groups -OCH3 is 1. The maximum Gasteiger partial charge on any atom is 0.425 e. The molecule has 1 aliphatic rings. The number of nitrogens with one attached hydrogen (secondary N) is 2. The van der Waals surface area contributed by atoms with Crippen LogP contribution in [0, 0.1) is 5.41 Å². The minimum absolute atomic E-state index is 0.0843. The molecule has 0 saturated heterocycles. The number of hydrogen-bond donors (Lipinski definition) is 3. The van der Waals surface area contributed by atoms with Crippen LogP contribution in [0.3, 0.4) is 0 Å². The third-order valence-electron chi connectivity index (χ3n) is 3.74. The number of amidine groups is 1. The Morgan fingerprint density at radius 3 is 2.66 bits per heavy atom. The Bertz CT molecular complexity index is 738. The Morgan fingerprint density at radius 1 is 1.45 bits per heavy atom. The van der Waals surface area contributed by atoms with Gasteiger partial charge in [0.05, 0.1) is 7.85 Å². The van der Waals surface area contributed by atoms with Gasteiger partial charge in [0.15, 0.2) is 0 Å². The van der Waals surface area contributed by atoms with E-state index in [1.54, 1.807) is 20.3 Å². The minimum Gasteiger partial charge on any atom is -0.409 e. The number of benzene rings is 1. The monoisotopic (exact) mass is 758 g/mol. The molecule has 1 aliphatic heterocycles. The third-order valence-corrected chi connectivity index (χ3v) is 8.82. The Morgan fingerprint density at radius 2 is 2.10 bits per heavy atom. The third kappa shape index (κ3) is 8.52. The first kappa shape index (κ1) is 27.0. The molecule has 1 unspecified atom stereocenters. The molecule has 1 atom stereocenters. The highest BCUT2D eigenvalue weighted by molar-refractivity contribution is 14.5. The van der Waals surface area contributed by atoms with Crippen molar-refractivity contribution in [3.05, 3.63) is 23.8 Å². The van der Waals surface area contributed by atoms with E-state index in [9.17, 15) is 4.79 Å². The first-order chi connectivity index (χ1) is 13.7. The van der Waals surface area contributed by atoms with Crippen molar-refractivity contribution in [1.82, 2.24) is 4.31 Å². The van der Waals surface area contributed by atoms with Crippen LogP contribution in [-0.2, 0) is 4.74 Å². The van der Waals surface area contributed by atoms with Crippen molar-refractivity contribution in [3.8, 4) is 5.75 Å². The highest BCUT2D eigenvalue weighted by Gasteiger charge is 2.31. The summed E-state index contributed by atoms with van der Waals surface area (Å²) in [6.07, 6.45) is 0.727. The van der Waals surface area contributed by atoms with E-state index in [2.05, 4.69) is 84.0 Å². The molecule has 0 saturated carbocycles. The zero-order valence-electron chi connectivity index (χ0n) is 15.9. The average Bonchev–Trinajstić information content (AvgIpc) is 3.04. The molecule has 0 bridgehead atoms. The molecule has 9 nitrogen and oxygen atoms in total. The van der Waals surface area contributed by atoms with E-state index in [1.165, 1.54) is 4.31 Å². The van der Waals surface area contributed by atoms with Gasteiger partial charge < -0.3 is 20.6 Å². The van der Waals surface area contributed by atoms with Gasteiger partial charge >= 0.3 is 6.09 Å². The van der Waals surface area contributed by atoms with Crippen molar-refractivity contribution in [2.45, 2.75) is 18.8 Å². The molecule has 1 aromatic carbocycles. The molecule has 1 amide bonds. The molecule has 2 rings (SSSR count). The molecule has 160 valence electrons. The van der Waals surface area contributed by atoms with E-state index in [0.717, 1.165) is 11.3 Å². The molecule has 1 aromatic rings. The number of carbonyl (C=O) groups excluding carboxylic acids is 1. The largest absolute Gasteiger partial charge is 0.425 e. The Kier molecular flexibility index (Phi) is 12.4. The van der Waals surface area contributed by atoms with Crippen molar-refractivity contribution in [3.63, 3.8) is 0 Å². The molecule has 2 radical (unpaired) electrons. The number of carbonyl (C=O) groups is 1. The van der Waals surface area contributed by atoms with Crippen molar-refractivity contribution >= 4 is 90.8 Å². The molecule has 0 spiro atoms. The molecule has 29 heavy (non-hydrogen) atoms. The lowest BCUT2D eigenvalue weighted by atomic mass is 9.95. The fourth-order valence-corrected chi connectivity index (χ4v) is 5.88. The molecular formula is C15H22BI3N6O3S. The Labute approximate surface area is 209 Å². The predicted octanol–water partition coefficient (Wildman–Crippen LogP) is 5.24. The standard InChI is InChI=1S/C13H16BI3N6O2S.C2H6O/c14-7-23(26(15,16)17)13(24)25-10-3-1-2-9-12(10)8(6-20-9)4-5-11(18)21-22-19;1-3-2/h1-3,8,20H,4-7H2,(H3,18,19,21);1-2H3. The highest BCUT2D eigenvalue weighted by atomic mass is 127. The van der Waals surface area contributed by atoms with E-state index < -0.39 is 7.82 Å². The van der Waals surface area contributed by atoms with Crippen LogP contribution >= 0.6 is 65.3 Å². The van der Waals surface area contributed by atoms with Crippen LogP contribution in [0.2, 0.25) is 0 Å². The number of hydrogen-bond acceptors (Lipinski definition) is 6. The summed E-state index contributed by atoms with van der Waals surface area (Å²) in [6.45, 7) is 0.706. The fourth-order valence-electron chi connectivity index (χ4n) is 2.61. The lowest BCUT2D eigenvalue weighted by Crippen LogP contribution is -2.31. The van der Waals surface area contributed by atoms with Crippen LogP contribution < -0.4 is 15.9 Å². The van der Waals surface area contributed by atoms with Gasteiger partial charge in [-0.3, -0.25) is 9.71 Å². The van der Waals surface area contributed by atoms with Gasteiger partial charge in [0.25, 0.3) is 0 Å². The van der Waals surface area contributed by atoms with Crippen LogP contribution in [0.15, 0.2) is 28.5 Å². The summed E-state index contributed by atoms with van der Waals surface area (Å²) in [4.78, 5) is 12.6. The van der Waals surface area contributed by atoms with Crippen molar-refractivity contribution in [1.29, 1.82) is 5.41 Å². The van der Waals surface area contributed by atoms with Crippen LogP contribution in [0.25, 0.3) is 0 Å². The summed E-state index contributed by atoms with van der Waals surface area (Å²) in [5.41, 5.74) is 1.87.